The normalized spacial score (nSPS) is 11.1. The van der Waals surface area contributed by atoms with Crippen molar-refractivity contribution in [1.29, 1.82) is 0 Å². The largest absolute Gasteiger partial charge is 0.459 e. The molecule has 0 atom stereocenters. The molecular formula is C14H16N4OS. The molecule has 0 bridgehead atoms. The molecule has 0 N–H and O–H groups in total. The van der Waals surface area contributed by atoms with E-state index in [1.807, 2.05) is 18.3 Å². The Labute approximate surface area is 121 Å². The second-order valence-corrected chi connectivity index (χ2v) is 5.45. The highest BCUT2D eigenvalue weighted by Gasteiger charge is 2.09. The Hall–Kier alpha value is -1.95. The topological polar surface area (TPSA) is 56.7 Å². The van der Waals surface area contributed by atoms with Crippen molar-refractivity contribution < 1.29 is 4.42 Å². The molecular weight excluding hydrogens is 272 g/mol. The van der Waals surface area contributed by atoms with Crippen LogP contribution in [0, 0.1) is 0 Å². The van der Waals surface area contributed by atoms with E-state index in [1.54, 1.807) is 16.0 Å². The highest BCUT2D eigenvalue weighted by molar-refractivity contribution is 7.09. The second-order valence-electron chi connectivity index (χ2n) is 4.51. The molecule has 0 unspecified atom stereocenters. The molecule has 0 radical (unpaired) electrons. The average Bonchev–Trinajstić information content (AvgIpc) is 3.18. The summed E-state index contributed by atoms with van der Waals surface area (Å²) in [6.07, 6.45) is 3.74. The van der Waals surface area contributed by atoms with Gasteiger partial charge < -0.3 is 4.42 Å². The van der Waals surface area contributed by atoms with Crippen molar-refractivity contribution in [3.63, 3.8) is 0 Å². The lowest BCUT2D eigenvalue weighted by Crippen LogP contribution is -2.00. The van der Waals surface area contributed by atoms with Crippen LogP contribution in [0.1, 0.15) is 30.3 Å². The molecule has 0 aliphatic rings. The molecule has 3 heterocycles. The molecule has 3 aromatic heterocycles. The van der Waals surface area contributed by atoms with Gasteiger partial charge in [0.15, 0.2) is 5.76 Å². The van der Waals surface area contributed by atoms with Gasteiger partial charge in [0.1, 0.15) is 16.5 Å². The summed E-state index contributed by atoms with van der Waals surface area (Å²) in [4.78, 5) is 4.53. The first-order valence-electron chi connectivity index (χ1n) is 6.71. The fourth-order valence-electron chi connectivity index (χ4n) is 1.92. The molecule has 5 nitrogen and oxygen atoms in total. The lowest BCUT2D eigenvalue weighted by molar-refractivity contribution is 0.527. The molecule has 6 heteroatoms. The van der Waals surface area contributed by atoms with E-state index in [1.165, 1.54) is 0 Å². The average molecular weight is 288 g/mol. The van der Waals surface area contributed by atoms with Crippen LogP contribution < -0.4 is 0 Å². The van der Waals surface area contributed by atoms with E-state index in [9.17, 15) is 0 Å². The van der Waals surface area contributed by atoms with Gasteiger partial charge in [-0.1, -0.05) is 19.1 Å². The van der Waals surface area contributed by atoms with Gasteiger partial charge in [0.05, 0.1) is 18.4 Å². The van der Waals surface area contributed by atoms with Crippen LogP contribution in [0.15, 0.2) is 28.1 Å². The molecule has 20 heavy (non-hydrogen) atoms. The Kier molecular flexibility index (Phi) is 3.64. The van der Waals surface area contributed by atoms with E-state index in [0.717, 1.165) is 40.8 Å². The van der Waals surface area contributed by atoms with Crippen LogP contribution >= 0.6 is 11.3 Å². The summed E-state index contributed by atoms with van der Waals surface area (Å²) < 4.78 is 7.47. The van der Waals surface area contributed by atoms with Gasteiger partial charge in [-0.05, 0) is 18.6 Å². The number of thiazole rings is 1. The van der Waals surface area contributed by atoms with Crippen molar-refractivity contribution in [2.24, 2.45) is 0 Å². The SMILES string of the molecule is CCc1csc(Cn2cc(-c3ccc(CC)o3)nn2)n1. The second kappa shape index (κ2) is 5.58. The third kappa shape index (κ3) is 2.65. The molecule has 0 saturated heterocycles. The Bertz CT molecular complexity index is 697. The summed E-state index contributed by atoms with van der Waals surface area (Å²) in [7, 11) is 0. The van der Waals surface area contributed by atoms with E-state index in [2.05, 4.69) is 34.5 Å². The summed E-state index contributed by atoms with van der Waals surface area (Å²) in [6.45, 7) is 4.82. The van der Waals surface area contributed by atoms with Gasteiger partial charge in [-0.25, -0.2) is 9.67 Å². The minimum atomic E-state index is 0.652. The van der Waals surface area contributed by atoms with Gasteiger partial charge in [0.25, 0.3) is 0 Å². The summed E-state index contributed by atoms with van der Waals surface area (Å²) in [5, 5.41) is 11.4. The first-order valence-corrected chi connectivity index (χ1v) is 7.59. The molecule has 0 aliphatic heterocycles. The fourth-order valence-corrected chi connectivity index (χ4v) is 2.78. The van der Waals surface area contributed by atoms with E-state index in [0.29, 0.717) is 6.54 Å². The van der Waals surface area contributed by atoms with Gasteiger partial charge >= 0.3 is 0 Å². The number of aryl methyl sites for hydroxylation is 2. The minimum Gasteiger partial charge on any atom is -0.459 e. The van der Waals surface area contributed by atoms with Crippen molar-refractivity contribution >= 4 is 11.3 Å². The van der Waals surface area contributed by atoms with E-state index in [4.69, 9.17) is 4.42 Å². The van der Waals surface area contributed by atoms with Crippen molar-refractivity contribution in [3.8, 4) is 11.5 Å². The summed E-state index contributed by atoms with van der Waals surface area (Å²) in [5.41, 5.74) is 1.89. The first-order chi connectivity index (χ1) is 9.78. The molecule has 0 aliphatic carbocycles. The van der Waals surface area contributed by atoms with Gasteiger partial charge in [-0.15, -0.1) is 16.4 Å². The third-order valence-electron chi connectivity index (χ3n) is 3.06. The van der Waals surface area contributed by atoms with Gasteiger partial charge in [0.2, 0.25) is 0 Å². The highest BCUT2D eigenvalue weighted by Crippen LogP contribution is 2.20. The quantitative estimate of drug-likeness (QED) is 0.723. The standard InChI is InChI=1S/C14H16N4OS/c1-3-10-9-20-14(15-10)8-18-7-12(16-17-18)13-6-5-11(4-2)19-13/h5-7,9H,3-4,8H2,1-2H3. The van der Waals surface area contributed by atoms with Crippen LogP contribution in [-0.2, 0) is 19.4 Å². The van der Waals surface area contributed by atoms with E-state index in [-0.39, 0.29) is 0 Å². The Balaban J connectivity index is 1.76. The third-order valence-corrected chi connectivity index (χ3v) is 3.94. The Morgan fingerprint density at radius 2 is 2.15 bits per heavy atom. The monoisotopic (exact) mass is 288 g/mol. The zero-order chi connectivity index (χ0) is 13.9. The van der Waals surface area contributed by atoms with Crippen LogP contribution in [0.25, 0.3) is 11.5 Å². The molecule has 0 fully saturated rings. The zero-order valence-electron chi connectivity index (χ0n) is 11.5. The molecule has 0 saturated carbocycles. The number of hydrogen-bond acceptors (Lipinski definition) is 5. The Morgan fingerprint density at radius 3 is 2.85 bits per heavy atom. The minimum absolute atomic E-state index is 0.652. The Morgan fingerprint density at radius 1 is 1.25 bits per heavy atom. The van der Waals surface area contributed by atoms with Gasteiger partial charge in [-0.3, -0.25) is 0 Å². The van der Waals surface area contributed by atoms with Crippen molar-refractivity contribution in [2.45, 2.75) is 33.2 Å². The lowest BCUT2D eigenvalue weighted by Gasteiger charge is -1.94. The maximum atomic E-state index is 5.68. The molecule has 104 valence electrons. The number of nitrogens with zero attached hydrogens (tertiary/aromatic N) is 4. The number of rotatable bonds is 5. The van der Waals surface area contributed by atoms with E-state index < -0.39 is 0 Å². The van der Waals surface area contributed by atoms with Crippen molar-refractivity contribution in [3.05, 3.63) is 40.2 Å². The molecule has 0 spiro atoms. The van der Waals surface area contributed by atoms with Crippen LogP contribution in [-0.4, -0.2) is 20.0 Å². The van der Waals surface area contributed by atoms with Gasteiger partial charge in [-0.2, -0.15) is 0 Å². The number of aromatic nitrogens is 4. The molecule has 0 amide bonds. The first kappa shape index (κ1) is 13.1. The number of hydrogen-bond donors (Lipinski definition) is 0. The summed E-state index contributed by atoms with van der Waals surface area (Å²) in [6, 6.07) is 3.91. The smallest absolute Gasteiger partial charge is 0.156 e. The molecule has 0 aromatic carbocycles. The van der Waals surface area contributed by atoms with Crippen LogP contribution in [0.3, 0.4) is 0 Å². The summed E-state index contributed by atoms with van der Waals surface area (Å²) >= 11 is 1.66. The van der Waals surface area contributed by atoms with Crippen LogP contribution in [0.2, 0.25) is 0 Å². The van der Waals surface area contributed by atoms with Crippen molar-refractivity contribution in [1.82, 2.24) is 20.0 Å². The summed E-state index contributed by atoms with van der Waals surface area (Å²) in [5.74, 6) is 1.73. The predicted octanol–water partition coefficient (Wildman–Crippen LogP) is 3.17. The van der Waals surface area contributed by atoms with Crippen LogP contribution in [0.5, 0.6) is 0 Å². The van der Waals surface area contributed by atoms with E-state index >= 15 is 0 Å². The number of furan rings is 1. The maximum Gasteiger partial charge on any atom is 0.156 e. The zero-order valence-corrected chi connectivity index (χ0v) is 12.4. The molecule has 3 rings (SSSR count). The van der Waals surface area contributed by atoms with Crippen molar-refractivity contribution in [2.75, 3.05) is 0 Å². The van der Waals surface area contributed by atoms with Crippen LogP contribution in [0.4, 0.5) is 0 Å². The lowest BCUT2D eigenvalue weighted by atomic mass is 10.3. The fraction of sp³-hybridized carbons (Fsp3) is 0.357. The highest BCUT2D eigenvalue weighted by atomic mass is 32.1. The maximum absolute atomic E-state index is 5.68. The predicted molar refractivity (Wildman–Crippen MR) is 77.7 cm³/mol. The molecule has 3 aromatic rings. The van der Waals surface area contributed by atoms with Gasteiger partial charge in [0, 0.05) is 11.8 Å².